The predicted molar refractivity (Wildman–Crippen MR) is 109 cm³/mol. The number of benzene rings is 1. The molecule has 1 aromatic rings. The first kappa shape index (κ1) is 18.4. The second-order valence-corrected chi connectivity index (χ2v) is 9.29. The van der Waals surface area contributed by atoms with Crippen LogP contribution in [-0.4, -0.2) is 48.4 Å². The third kappa shape index (κ3) is 3.44. The number of hydrogen-bond acceptors (Lipinski definition) is 4. The Morgan fingerprint density at radius 3 is 2.67 bits per heavy atom. The van der Waals surface area contributed by atoms with Crippen molar-refractivity contribution in [2.24, 2.45) is 11.8 Å². The number of fused-ring (bicyclic) bond motifs is 3. The van der Waals surface area contributed by atoms with E-state index in [0.29, 0.717) is 36.1 Å². The second-order valence-electron chi connectivity index (χ2n) is 8.76. The average molecular weight is 390 g/mol. The molecule has 2 N–H and O–H groups in total. The summed E-state index contributed by atoms with van der Waals surface area (Å²) < 4.78 is 5.71. The molecule has 4 nitrogen and oxygen atoms in total. The highest BCUT2D eigenvalue weighted by atomic mass is 35.5. The van der Waals surface area contributed by atoms with Gasteiger partial charge in [-0.1, -0.05) is 30.3 Å². The maximum Gasteiger partial charge on any atom is 0.0837 e. The molecule has 5 rings (SSSR count). The topological polar surface area (TPSA) is 36.5 Å². The summed E-state index contributed by atoms with van der Waals surface area (Å²) in [5.41, 5.74) is 1.56. The number of rotatable bonds is 3. The molecule has 5 heteroatoms. The van der Waals surface area contributed by atoms with Gasteiger partial charge in [0.25, 0.3) is 0 Å². The molecular formula is C22H32ClN3O. The molecule has 4 aliphatic rings. The van der Waals surface area contributed by atoms with Crippen LogP contribution < -0.4 is 10.6 Å². The van der Waals surface area contributed by atoms with Crippen LogP contribution in [-0.2, 0) is 4.74 Å². The Balaban J connectivity index is 1.53. The lowest BCUT2D eigenvalue weighted by molar-refractivity contribution is -0.00820. The van der Waals surface area contributed by atoms with Crippen LogP contribution in [0.5, 0.6) is 0 Å². The Hall–Kier alpha value is -0.650. The van der Waals surface area contributed by atoms with E-state index < -0.39 is 0 Å². The van der Waals surface area contributed by atoms with E-state index in [1.807, 2.05) is 0 Å². The van der Waals surface area contributed by atoms with Crippen molar-refractivity contribution in [1.82, 2.24) is 15.5 Å². The molecule has 0 spiro atoms. The van der Waals surface area contributed by atoms with E-state index >= 15 is 0 Å². The van der Waals surface area contributed by atoms with Gasteiger partial charge in [0.15, 0.2) is 0 Å². The molecule has 4 aliphatic heterocycles. The molecule has 27 heavy (non-hydrogen) atoms. The lowest BCUT2D eigenvalue weighted by Gasteiger charge is -2.45. The summed E-state index contributed by atoms with van der Waals surface area (Å²) in [4.78, 5) is 2.85. The smallest absolute Gasteiger partial charge is 0.0837 e. The molecule has 0 saturated carbocycles. The molecule has 4 heterocycles. The third-order valence-corrected chi connectivity index (χ3v) is 7.67. The van der Waals surface area contributed by atoms with Gasteiger partial charge in [0.1, 0.15) is 0 Å². The standard InChI is InChI=1S/C22H32ClN3O/c23-19-9-8-17-20-18(7-4-12-24-20)26(22(17)25-19)21(15-5-2-1-3-6-15)16-10-13-27-14-11-16/h1-3,5-6,16-22,24-25H,4,7-14H2/t17?,18?,19?,20?,21-,22?/m0/s1. The largest absolute Gasteiger partial charge is 0.381 e. The second kappa shape index (κ2) is 8.00. The highest BCUT2D eigenvalue weighted by Gasteiger charge is 2.54. The monoisotopic (exact) mass is 389 g/mol. The van der Waals surface area contributed by atoms with Gasteiger partial charge in [-0.3, -0.25) is 10.2 Å². The summed E-state index contributed by atoms with van der Waals surface area (Å²) >= 11 is 6.60. The summed E-state index contributed by atoms with van der Waals surface area (Å²) in [6.45, 7) is 2.96. The minimum Gasteiger partial charge on any atom is -0.381 e. The van der Waals surface area contributed by atoms with E-state index in [2.05, 4.69) is 45.9 Å². The van der Waals surface area contributed by atoms with Crippen molar-refractivity contribution in [2.75, 3.05) is 19.8 Å². The van der Waals surface area contributed by atoms with Gasteiger partial charge in [-0.15, -0.1) is 11.6 Å². The Morgan fingerprint density at radius 2 is 1.85 bits per heavy atom. The normalized spacial score (nSPS) is 38.9. The molecule has 0 bridgehead atoms. The summed E-state index contributed by atoms with van der Waals surface area (Å²) in [5.74, 6) is 1.32. The first-order valence-electron chi connectivity index (χ1n) is 10.9. The minimum atomic E-state index is 0.0972. The lowest BCUT2D eigenvalue weighted by Crippen LogP contribution is -2.54. The molecule has 0 radical (unpaired) electrons. The van der Waals surface area contributed by atoms with Crippen LogP contribution in [0.2, 0.25) is 0 Å². The molecule has 0 amide bonds. The zero-order valence-corrected chi connectivity index (χ0v) is 16.8. The van der Waals surface area contributed by atoms with E-state index in [0.717, 1.165) is 39.0 Å². The number of piperidine rings is 2. The molecule has 4 saturated heterocycles. The number of nitrogens with zero attached hydrogens (tertiary/aromatic N) is 1. The molecule has 6 atom stereocenters. The molecule has 0 aromatic heterocycles. The summed E-state index contributed by atoms with van der Waals surface area (Å²) in [7, 11) is 0. The zero-order valence-electron chi connectivity index (χ0n) is 16.0. The molecule has 4 fully saturated rings. The minimum absolute atomic E-state index is 0.0972. The van der Waals surface area contributed by atoms with E-state index in [4.69, 9.17) is 16.3 Å². The molecule has 148 valence electrons. The van der Waals surface area contributed by atoms with Crippen LogP contribution in [0, 0.1) is 11.8 Å². The summed E-state index contributed by atoms with van der Waals surface area (Å²) in [6.07, 6.45) is 7.57. The molecular weight excluding hydrogens is 358 g/mol. The van der Waals surface area contributed by atoms with Gasteiger partial charge in [-0.2, -0.15) is 0 Å². The fraction of sp³-hybridized carbons (Fsp3) is 0.727. The number of nitrogens with one attached hydrogen (secondary N) is 2. The van der Waals surface area contributed by atoms with Crippen molar-refractivity contribution in [3.05, 3.63) is 35.9 Å². The number of ether oxygens (including phenoxy) is 1. The highest BCUT2D eigenvalue weighted by Crippen LogP contribution is 2.47. The van der Waals surface area contributed by atoms with E-state index in [-0.39, 0.29) is 5.50 Å². The number of hydrogen-bond donors (Lipinski definition) is 2. The van der Waals surface area contributed by atoms with Gasteiger partial charge in [0, 0.05) is 37.3 Å². The Morgan fingerprint density at radius 1 is 1.04 bits per heavy atom. The Kier molecular flexibility index (Phi) is 5.45. The van der Waals surface area contributed by atoms with Crippen LogP contribution in [0.1, 0.15) is 50.1 Å². The van der Waals surface area contributed by atoms with Crippen LogP contribution >= 0.6 is 11.6 Å². The SMILES string of the molecule is ClC1CCC2C3NCCCC3N([C@@H](c3ccccc3)C3CCOCC3)C2N1. The third-order valence-electron chi connectivity index (χ3n) is 7.32. The number of halogens is 1. The fourth-order valence-corrected chi connectivity index (χ4v) is 6.45. The van der Waals surface area contributed by atoms with E-state index in [9.17, 15) is 0 Å². The van der Waals surface area contributed by atoms with E-state index in [1.54, 1.807) is 0 Å². The van der Waals surface area contributed by atoms with Crippen molar-refractivity contribution in [3.63, 3.8) is 0 Å². The maximum absolute atomic E-state index is 6.60. The predicted octanol–water partition coefficient (Wildman–Crippen LogP) is 3.48. The van der Waals surface area contributed by atoms with Crippen molar-refractivity contribution >= 4 is 11.6 Å². The van der Waals surface area contributed by atoms with Gasteiger partial charge in [-0.25, -0.2) is 0 Å². The van der Waals surface area contributed by atoms with Gasteiger partial charge in [-0.05, 0) is 56.6 Å². The first-order chi connectivity index (χ1) is 13.3. The first-order valence-corrected chi connectivity index (χ1v) is 11.3. The van der Waals surface area contributed by atoms with Gasteiger partial charge in [0.05, 0.1) is 11.7 Å². The summed E-state index contributed by atoms with van der Waals surface area (Å²) in [6, 6.07) is 12.9. The average Bonchev–Trinajstić information content (AvgIpc) is 3.04. The summed E-state index contributed by atoms with van der Waals surface area (Å²) in [5, 5.41) is 7.68. The van der Waals surface area contributed by atoms with Crippen LogP contribution in [0.4, 0.5) is 0 Å². The van der Waals surface area contributed by atoms with Crippen molar-refractivity contribution in [2.45, 2.75) is 68.3 Å². The zero-order chi connectivity index (χ0) is 18.2. The van der Waals surface area contributed by atoms with Gasteiger partial charge < -0.3 is 10.1 Å². The van der Waals surface area contributed by atoms with E-state index in [1.165, 1.54) is 24.8 Å². The quantitative estimate of drug-likeness (QED) is 0.613. The molecule has 1 aromatic carbocycles. The molecule has 0 aliphatic carbocycles. The van der Waals surface area contributed by atoms with Crippen molar-refractivity contribution in [1.29, 1.82) is 0 Å². The van der Waals surface area contributed by atoms with Crippen molar-refractivity contribution < 1.29 is 4.74 Å². The lowest BCUT2D eigenvalue weighted by atomic mass is 9.84. The highest BCUT2D eigenvalue weighted by molar-refractivity contribution is 6.20. The molecule has 5 unspecified atom stereocenters. The van der Waals surface area contributed by atoms with Crippen molar-refractivity contribution in [3.8, 4) is 0 Å². The Bertz CT molecular complexity index is 623. The van der Waals surface area contributed by atoms with Crippen LogP contribution in [0.15, 0.2) is 30.3 Å². The number of alkyl halides is 1. The number of likely N-dealkylation sites (tertiary alicyclic amines) is 1. The van der Waals surface area contributed by atoms with Crippen LogP contribution in [0.25, 0.3) is 0 Å². The fourth-order valence-electron chi connectivity index (χ4n) is 6.19. The van der Waals surface area contributed by atoms with Crippen LogP contribution in [0.3, 0.4) is 0 Å². The maximum atomic E-state index is 6.60. The van der Waals surface area contributed by atoms with Gasteiger partial charge >= 0.3 is 0 Å². The Labute approximate surface area is 168 Å². The van der Waals surface area contributed by atoms with Gasteiger partial charge in [0.2, 0.25) is 0 Å².